The molecule has 0 spiro atoms. The molecule has 1 aliphatic rings. The van der Waals surface area contributed by atoms with E-state index in [1.54, 1.807) is 18.2 Å². The van der Waals surface area contributed by atoms with E-state index in [0.717, 1.165) is 12.3 Å². The van der Waals surface area contributed by atoms with Crippen LogP contribution in [0.1, 0.15) is 19.4 Å². The van der Waals surface area contributed by atoms with Crippen LogP contribution in [-0.4, -0.2) is 19.3 Å². The summed E-state index contributed by atoms with van der Waals surface area (Å²) in [4.78, 5) is 0. The van der Waals surface area contributed by atoms with Crippen molar-refractivity contribution in [3.63, 3.8) is 0 Å². The summed E-state index contributed by atoms with van der Waals surface area (Å²) >= 11 is 0. The van der Waals surface area contributed by atoms with Crippen LogP contribution >= 0.6 is 0 Å². The van der Waals surface area contributed by atoms with Crippen LogP contribution in [0.5, 0.6) is 0 Å². The minimum Gasteiger partial charge on any atom is -0.397 e. The number of ether oxygens (including phenoxy) is 1. The van der Waals surface area contributed by atoms with Gasteiger partial charge in [-0.2, -0.15) is 5.26 Å². The molecule has 0 aromatic heterocycles. The largest absolute Gasteiger partial charge is 0.397 e. The van der Waals surface area contributed by atoms with Crippen LogP contribution in [0.3, 0.4) is 0 Å². The first kappa shape index (κ1) is 11.7. The summed E-state index contributed by atoms with van der Waals surface area (Å²) in [7, 11) is 0. The van der Waals surface area contributed by atoms with Gasteiger partial charge >= 0.3 is 0 Å². The number of anilines is 2. The molecule has 0 amide bonds. The molecule has 1 heterocycles. The van der Waals surface area contributed by atoms with Crippen LogP contribution in [0.15, 0.2) is 18.2 Å². The average molecular weight is 231 g/mol. The summed E-state index contributed by atoms with van der Waals surface area (Å²) in [5, 5.41) is 12.2. The van der Waals surface area contributed by atoms with Gasteiger partial charge in [0, 0.05) is 5.41 Å². The van der Waals surface area contributed by atoms with Crippen LogP contribution in [0.2, 0.25) is 0 Å². The lowest BCUT2D eigenvalue weighted by Crippen LogP contribution is -2.34. The third kappa shape index (κ3) is 2.34. The first-order valence-electron chi connectivity index (χ1n) is 5.67. The summed E-state index contributed by atoms with van der Waals surface area (Å²) in [6.07, 6.45) is 0. The van der Waals surface area contributed by atoms with Crippen molar-refractivity contribution >= 4 is 11.4 Å². The lowest BCUT2D eigenvalue weighted by Gasteiger charge is -2.27. The third-order valence-electron chi connectivity index (χ3n) is 3.21. The summed E-state index contributed by atoms with van der Waals surface area (Å²) in [5.74, 6) is 0. The number of hydrogen-bond donors (Lipinski definition) is 2. The standard InChI is InChI=1S/C13H17N3O/c1-13(2)8-17-7-12(13)16-11-5-9(6-14)3-4-10(11)15/h3-5,12,16H,7-8,15H2,1-2H3/t12-/m1/s1. The average Bonchev–Trinajstić information content (AvgIpc) is 2.61. The minimum absolute atomic E-state index is 0.0785. The summed E-state index contributed by atoms with van der Waals surface area (Å²) < 4.78 is 5.47. The molecule has 4 nitrogen and oxygen atoms in total. The van der Waals surface area contributed by atoms with Gasteiger partial charge in [-0.1, -0.05) is 13.8 Å². The highest BCUT2D eigenvalue weighted by atomic mass is 16.5. The molecular weight excluding hydrogens is 214 g/mol. The number of hydrogen-bond acceptors (Lipinski definition) is 4. The predicted molar refractivity (Wildman–Crippen MR) is 67.6 cm³/mol. The van der Waals surface area contributed by atoms with Gasteiger partial charge in [0.05, 0.1) is 42.3 Å². The highest BCUT2D eigenvalue weighted by Crippen LogP contribution is 2.31. The van der Waals surface area contributed by atoms with Gasteiger partial charge < -0.3 is 15.8 Å². The molecule has 1 atom stereocenters. The Hall–Kier alpha value is -1.73. The van der Waals surface area contributed by atoms with Crippen LogP contribution < -0.4 is 11.1 Å². The quantitative estimate of drug-likeness (QED) is 0.763. The van der Waals surface area contributed by atoms with Gasteiger partial charge in [0.2, 0.25) is 0 Å². The van der Waals surface area contributed by atoms with Crippen molar-refractivity contribution in [2.75, 3.05) is 24.3 Å². The van der Waals surface area contributed by atoms with Gasteiger partial charge in [-0.05, 0) is 18.2 Å². The normalized spacial score (nSPS) is 22.1. The Morgan fingerprint density at radius 1 is 1.53 bits per heavy atom. The van der Waals surface area contributed by atoms with E-state index in [9.17, 15) is 0 Å². The molecule has 0 unspecified atom stereocenters. The molecule has 1 aromatic carbocycles. The fourth-order valence-corrected chi connectivity index (χ4v) is 1.94. The number of rotatable bonds is 2. The molecular formula is C13H17N3O. The molecule has 90 valence electrons. The molecule has 0 bridgehead atoms. The molecule has 0 radical (unpaired) electrons. The molecule has 4 heteroatoms. The highest BCUT2D eigenvalue weighted by Gasteiger charge is 2.35. The molecule has 1 fully saturated rings. The van der Waals surface area contributed by atoms with E-state index in [4.69, 9.17) is 15.7 Å². The monoisotopic (exact) mass is 231 g/mol. The minimum atomic E-state index is 0.0785. The third-order valence-corrected chi connectivity index (χ3v) is 3.21. The number of nitrogens with zero attached hydrogens (tertiary/aromatic N) is 1. The van der Waals surface area contributed by atoms with Crippen molar-refractivity contribution in [2.45, 2.75) is 19.9 Å². The lowest BCUT2D eigenvalue weighted by molar-refractivity contribution is 0.167. The second kappa shape index (κ2) is 4.27. The van der Waals surface area contributed by atoms with E-state index in [-0.39, 0.29) is 11.5 Å². The highest BCUT2D eigenvalue weighted by molar-refractivity contribution is 5.68. The zero-order chi connectivity index (χ0) is 12.5. The summed E-state index contributed by atoms with van der Waals surface area (Å²) in [5.41, 5.74) is 8.06. The van der Waals surface area contributed by atoms with Crippen molar-refractivity contribution < 1.29 is 4.74 Å². The second-order valence-corrected chi connectivity index (χ2v) is 5.11. The van der Waals surface area contributed by atoms with Crippen molar-refractivity contribution in [1.82, 2.24) is 0 Å². The molecule has 0 saturated carbocycles. The van der Waals surface area contributed by atoms with Crippen molar-refractivity contribution in [3.05, 3.63) is 23.8 Å². The van der Waals surface area contributed by atoms with Gasteiger partial charge in [0.25, 0.3) is 0 Å². The number of nitrogen functional groups attached to an aromatic ring is 1. The predicted octanol–water partition coefficient (Wildman–Crippen LogP) is 1.98. The number of nitrogens with two attached hydrogens (primary N) is 1. The topological polar surface area (TPSA) is 71.1 Å². The molecule has 3 N–H and O–H groups in total. The van der Waals surface area contributed by atoms with E-state index in [2.05, 4.69) is 25.2 Å². The molecule has 17 heavy (non-hydrogen) atoms. The summed E-state index contributed by atoms with van der Waals surface area (Å²) in [6.45, 7) is 5.72. The van der Waals surface area contributed by atoms with E-state index in [1.165, 1.54) is 0 Å². The fraction of sp³-hybridized carbons (Fsp3) is 0.462. The molecule has 1 aromatic rings. The van der Waals surface area contributed by atoms with E-state index < -0.39 is 0 Å². The Balaban J connectivity index is 2.21. The molecule has 0 aliphatic carbocycles. The van der Waals surface area contributed by atoms with Crippen molar-refractivity contribution in [3.8, 4) is 6.07 Å². The van der Waals surface area contributed by atoms with Crippen LogP contribution in [0.25, 0.3) is 0 Å². The Kier molecular flexibility index (Phi) is 2.95. The number of benzene rings is 1. The first-order valence-corrected chi connectivity index (χ1v) is 5.67. The molecule has 1 aliphatic heterocycles. The second-order valence-electron chi connectivity index (χ2n) is 5.11. The SMILES string of the molecule is CC1(C)COC[C@H]1Nc1cc(C#N)ccc1N. The zero-order valence-electron chi connectivity index (χ0n) is 10.2. The van der Waals surface area contributed by atoms with Crippen LogP contribution in [-0.2, 0) is 4.74 Å². The van der Waals surface area contributed by atoms with Gasteiger partial charge in [0.1, 0.15) is 0 Å². The smallest absolute Gasteiger partial charge is 0.0992 e. The van der Waals surface area contributed by atoms with E-state index >= 15 is 0 Å². The van der Waals surface area contributed by atoms with E-state index in [1.807, 2.05) is 0 Å². The lowest BCUT2D eigenvalue weighted by atomic mass is 9.87. The van der Waals surface area contributed by atoms with Gasteiger partial charge in [-0.25, -0.2) is 0 Å². The van der Waals surface area contributed by atoms with Gasteiger partial charge in [-0.3, -0.25) is 0 Å². The Labute approximate surface area is 101 Å². The Morgan fingerprint density at radius 3 is 2.88 bits per heavy atom. The van der Waals surface area contributed by atoms with Gasteiger partial charge in [0.15, 0.2) is 0 Å². The zero-order valence-corrected chi connectivity index (χ0v) is 10.2. The Bertz CT molecular complexity index is 462. The van der Waals surface area contributed by atoms with Crippen LogP contribution in [0, 0.1) is 16.7 Å². The summed E-state index contributed by atoms with van der Waals surface area (Å²) in [6, 6.07) is 7.59. The maximum absolute atomic E-state index is 8.87. The van der Waals surface area contributed by atoms with Gasteiger partial charge in [-0.15, -0.1) is 0 Å². The number of nitriles is 1. The molecule has 1 saturated heterocycles. The van der Waals surface area contributed by atoms with Crippen molar-refractivity contribution in [1.29, 1.82) is 5.26 Å². The maximum atomic E-state index is 8.87. The van der Waals surface area contributed by atoms with Crippen molar-refractivity contribution in [2.24, 2.45) is 5.41 Å². The first-order chi connectivity index (χ1) is 8.03. The maximum Gasteiger partial charge on any atom is 0.0992 e. The fourth-order valence-electron chi connectivity index (χ4n) is 1.94. The number of nitrogens with one attached hydrogen (secondary N) is 1. The van der Waals surface area contributed by atoms with Crippen LogP contribution in [0.4, 0.5) is 11.4 Å². The van der Waals surface area contributed by atoms with E-state index in [0.29, 0.717) is 17.9 Å². The molecule has 2 rings (SSSR count). The Morgan fingerprint density at radius 2 is 2.29 bits per heavy atom.